The molecule has 0 atom stereocenters. The van der Waals surface area contributed by atoms with Crippen molar-refractivity contribution in [2.45, 2.75) is 6.18 Å². The Bertz CT molecular complexity index is 539. The molecule has 0 fully saturated rings. The molecular formula is C12H8F3N3O. The predicted molar refractivity (Wildman–Crippen MR) is 58.6 cm³/mol. The van der Waals surface area contributed by atoms with E-state index in [4.69, 9.17) is 10.5 Å². The van der Waals surface area contributed by atoms with Crippen LogP contribution in [-0.4, -0.2) is 23.9 Å². The van der Waals surface area contributed by atoms with Gasteiger partial charge in [-0.25, -0.2) is 0 Å². The van der Waals surface area contributed by atoms with Gasteiger partial charge in [0.1, 0.15) is 13.1 Å². The Morgan fingerprint density at radius 3 is 2.26 bits per heavy atom. The number of carbonyl (C=O) groups excluding carboxylic acids is 1. The van der Waals surface area contributed by atoms with E-state index in [1.54, 1.807) is 12.1 Å². The van der Waals surface area contributed by atoms with E-state index >= 15 is 0 Å². The highest BCUT2D eigenvalue weighted by atomic mass is 19.4. The van der Waals surface area contributed by atoms with Crippen molar-refractivity contribution in [3.8, 4) is 12.1 Å². The van der Waals surface area contributed by atoms with E-state index in [1.165, 1.54) is 6.07 Å². The lowest BCUT2D eigenvalue weighted by Gasteiger charge is -2.16. The van der Waals surface area contributed by atoms with Gasteiger partial charge in [0.2, 0.25) is 0 Å². The van der Waals surface area contributed by atoms with Crippen LogP contribution in [0.1, 0.15) is 15.9 Å². The monoisotopic (exact) mass is 267 g/mol. The molecule has 4 nitrogen and oxygen atoms in total. The number of carbonyl (C=O) groups is 1. The van der Waals surface area contributed by atoms with Gasteiger partial charge in [-0.3, -0.25) is 4.79 Å². The van der Waals surface area contributed by atoms with Crippen LogP contribution in [0, 0.1) is 22.7 Å². The zero-order valence-corrected chi connectivity index (χ0v) is 9.61. The molecule has 98 valence electrons. The fourth-order valence-corrected chi connectivity index (χ4v) is 1.38. The van der Waals surface area contributed by atoms with Crippen LogP contribution in [0.2, 0.25) is 0 Å². The number of hydrogen-bond acceptors (Lipinski definition) is 3. The first-order valence-corrected chi connectivity index (χ1v) is 5.10. The Kier molecular flexibility index (Phi) is 4.49. The van der Waals surface area contributed by atoms with Gasteiger partial charge >= 0.3 is 6.18 Å². The number of hydrogen-bond donors (Lipinski definition) is 0. The summed E-state index contributed by atoms with van der Waals surface area (Å²) >= 11 is 0. The maximum absolute atomic E-state index is 12.5. The van der Waals surface area contributed by atoms with Crippen molar-refractivity contribution in [1.29, 1.82) is 10.5 Å². The first-order chi connectivity index (χ1) is 8.90. The van der Waals surface area contributed by atoms with Crippen LogP contribution in [0.4, 0.5) is 13.2 Å². The van der Waals surface area contributed by atoms with E-state index in [2.05, 4.69) is 0 Å². The van der Waals surface area contributed by atoms with E-state index in [9.17, 15) is 18.0 Å². The highest BCUT2D eigenvalue weighted by Crippen LogP contribution is 2.29. The average Bonchev–Trinajstić information content (AvgIpc) is 2.37. The Morgan fingerprint density at radius 1 is 1.21 bits per heavy atom. The molecule has 0 saturated carbocycles. The zero-order valence-electron chi connectivity index (χ0n) is 9.61. The number of nitrogens with zero attached hydrogens (tertiary/aromatic N) is 3. The van der Waals surface area contributed by atoms with Gasteiger partial charge in [-0.05, 0) is 18.2 Å². The largest absolute Gasteiger partial charge is 0.416 e. The molecular weight excluding hydrogens is 259 g/mol. The van der Waals surface area contributed by atoms with Gasteiger partial charge < -0.3 is 4.90 Å². The summed E-state index contributed by atoms with van der Waals surface area (Å²) < 4.78 is 37.5. The molecule has 19 heavy (non-hydrogen) atoms. The Hall–Kier alpha value is -2.54. The van der Waals surface area contributed by atoms with Crippen molar-refractivity contribution >= 4 is 5.91 Å². The minimum Gasteiger partial charge on any atom is -0.312 e. The topological polar surface area (TPSA) is 67.9 Å². The van der Waals surface area contributed by atoms with E-state index in [-0.39, 0.29) is 18.7 Å². The molecule has 1 aromatic rings. The Morgan fingerprint density at radius 2 is 1.79 bits per heavy atom. The van der Waals surface area contributed by atoms with E-state index in [1.807, 2.05) is 0 Å². The molecule has 0 aromatic heterocycles. The highest BCUT2D eigenvalue weighted by molar-refractivity contribution is 5.94. The summed E-state index contributed by atoms with van der Waals surface area (Å²) in [5, 5.41) is 17.0. The third-order valence-corrected chi connectivity index (χ3v) is 2.25. The van der Waals surface area contributed by atoms with Gasteiger partial charge in [0.05, 0.1) is 17.7 Å². The van der Waals surface area contributed by atoms with Crippen molar-refractivity contribution in [1.82, 2.24) is 4.90 Å². The molecule has 0 aliphatic rings. The minimum absolute atomic E-state index is 0.208. The first-order valence-electron chi connectivity index (χ1n) is 5.10. The third-order valence-electron chi connectivity index (χ3n) is 2.25. The molecule has 1 rings (SSSR count). The molecule has 0 saturated heterocycles. The zero-order chi connectivity index (χ0) is 14.5. The molecule has 0 bridgehead atoms. The van der Waals surface area contributed by atoms with Crippen molar-refractivity contribution in [3.05, 3.63) is 35.4 Å². The second-order valence-corrected chi connectivity index (χ2v) is 3.56. The highest BCUT2D eigenvalue weighted by Gasteiger charge is 2.31. The summed E-state index contributed by atoms with van der Waals surface area (Å²) in [5.41, 5.74) is -1.16. The van der Waals surface area contributed by atoms with Crippen LogP contribution in [0.3, 0.4) is 0 Å². The lowest BCUT2D eigenvalue weighted by Crippen LogP contribution is -2.31. The Labute approximate surface area is 107 Å². The Balaban J connectivity index is 3.06. The molecule has 7 heteroatoms. The normalized spacial score (nSPS) is 10.4. The van der Waals surface area contributed by atoms with Gasteiger partial charge in [-0.2, -0.15) is 23.7 Å². The quantitative estimate of drug-likeness (QED) is 0.788. The number of nitriles is 2. The fourth-order valence-electron chi connectivity index (χ4n) is 1.38. The van der Waals surface area contributed by atoms with E-state index < -0.39 is 17.6 Å². The maximum atomic E-state index is 12.5. The van der Waals surface area contributed by atoms with Gasteiger partial charge in [0.15, 0.2) is 0 Å². The third kappa shape index (κ3) is 3.71. The SMILES string of the molecule is N#CCN(CC#N)C(=O)c1cccc(C(F)(F)F)c1. The molecule has 0 aliphatic carbocycles. The summed E-state index contributed by atoms with van der Waals surface area (Å²) in [6.07, 6.45) is -4.55. The molecule has 0 spiro atoms. The standard InChI is InChI=1S/C12H8F3N3O/c13-12(14,15)10-3-1-2-9(8-10)11(19)18(6-4-16)7-5-17/h1-3,8H,6-7H2. The van der Waals surface area contributed by atoms with Gasteiger partial charge in [0.25, 0.3) is 5.91 Å². The number of rotatable bonds is 3. The van der Waals surface area contributed by atoms with Crippen LogP contribution in [-0.2, 0) is 6.18 Å². The maximum Gasteiger partial charge on any atom is 0.416 e. The lowest BCUT2D eigenvalue weighted by molar-refractivity contribution is -0.137. The number of benzene rings is 1. The number of amides is 1. The number of halogens is 3. The first kappa shape index (κ1) is 14.5. The second kappa shape index (κ2) is 5.87. The van der Waals surface area contributed by atoms with Gasteiger partial charge in [-0.1, -0.05) is 6.07 Å². The smallest absolute Gasteiger partial charge is 0.312 e. The van der Waals surface area contributed by atoms with Crippen LogP contribution in [0.5, 0.6) is 0 Å². The van der Waals surface area contributed by atoms with E-state index in [0.29, 0.717) is 6.07 Å². The van der Waals surface area contributed by atoms with Crippen molar-refractivity contribution in [3.63, 3.8) is 0 Å². The van der Waals surface area contributed by atoms with Gasteiger partial charge in [0, 0.05) is 5.56 Å². The number of alkyl halides is 3. The molecule has 0 aliphatic heterocycles. The molecule has 0 unspecified atom stereocenters. The van der Waals surface area contributed by atoms with E-state index in [0.717, 1.165) is 17.0 Å². The second-order valence-electron chi connectivity index (χ2n) is 3.56. The van der Waals surface area contributed by atoms with Crippen LogP contribution in [0.15, 0.2) is 24.3 Å². The van der Waals surface area contributed by atoms with Crippen LogP contribution in [0.25, 0.3) is 0 Å². The summed E-state index contributed by atoms with van der Waals surface area (Å²) in [6, 6.07) is 7.21. The van der Waals surface area contributed by atoms with Gasteiger partial charge in [-0.15, -0.1) is 0 Å². The molecule has 0 radical (unpaired) electrons. The van der Waals surface area contributed by atoms with Crippen molar-refractivity contribution in [2.75, 3.05) is 13.1 Å². The molecule has 1 amide bonds. The van der Waals surface area contributed by atoms with Crippen LogP contribution < -0.4 is 0 Å². The lowest BCUT2D eigenvalue weighted by atomic mass is 10.1. The fraction of sp³-hybridized carbons (Fsp3) is 0.250. The van der Waals surface area contributed by atoms with Crippen molar-refractivity contribution < 1.29 is 18.0 Å². The molecule has 1 aromatic carbocycles. The summed E-state index contributed by atoms with van der Waals surface area (Å²) in [6.45, 7) is -0.717. The molecule has 0 N–H and O–H groups in total. The summed E-state index contributed by atoms with van der Waals surface area (Å²) in [4.78, 5) is 12.7. The molecule has 0 heterocycles. The minimum atomic E-state index is -4.55. The predicted octanol–water partition coefficient (Wildman–Crippen LogP) is 2.19. The summed E-state index contributed by atoms with van der Waals surface area (Å²) in [5.74, 6) is -0.783. The van der Waals surface area contributed by atoms with Crippen molar-refractivity contribution in [2.24, 2.45) is 0 Å². The average molecular weight is 267 g/mol. The summed E-state index contributed by atoms with van der Waals surface area (Å²) in [7, 11) is 0. The van der Waals surface area contributed by atoms with Crippen LogP contribution >= 0.6 is 0 Å².